The van der Waals surface area contributed by atoms with E-state index in [1.807, 2.05) is 0 Å². The average Bonchev–Trinajstić information content (AvgIpc) is 2.59. The Morgan fingerprint density at radius 2 is 1.61 bits per heavy atom. The van der Waals surface area contributed by atoms with E-state index in [1.165, 1.54) is 30.3 Å². The zero-order valence-corrected chi connectivity index (χ0v) is 17.2. The molecule has 2 aromatic carbocycles. The van der Waals surface area contributed by atoms with Crippen LogP contribution in [0.25, 0.3) is 0 Å². The van der Waals surface area contributed by atoms with E-state index in [0.29, 0.717) is 9.87 Å². The first-order valence-electron chi connectivity index (χ1n) is 8.21. The van der Waals surface area contributed by atoms with E-state index in [-0.39, 0.29) is 10.6 Å². The molecule has 1 amide bonds. The molecule has 0 aliphatic carbocycles. The van der Waals surface area contributed by atoms with Gasteiger partial charge in [-0.05, 0) is 36.8 Å². The summed E-state index contributed by atoms with van der Waals surface area (Å²) in [5.41, 5.74) is 0.419. The van der Waals surface area contributed by atoms with Gasteiger partial charge in [-0.2, -0.15) is 0 Å². The van der Waals surface area contributed by atoms with E-state index >= 15 is 0 Å². The van der Waals surface area contributed by atoms with Gasteiger partial charge in [0.15, 0.2) is 9.84 Å². The van der Waals surface area contributed by atoms with E-state index < -0.39 is 44.2 Å². The molecule has 0 radical (unpaired) electrons. The summed E-state index contributed by atoms with van der Waals surface area (Å²) in [5, 5.41) is 2.63. The van der Waals surface area contributed by atoms with Gasteiger partial charge in [0.05, 0.1) is 22.9 Å². The molecule has 0 spiro atoms. The van der Waals surface area contributed by atoms with Crippen LogP contribution in [0.1, 0.15) is 18.5 Å². The van der Waals surface area contributed by atoms with Gasteiger partial charge in [0, 0.05) is 6.26 Å². The number of halogens is 1. The number of nitrogens with zero attached hydrogens (tertiary/aromatic N) is 1. The van der Waals surface area contributed by atoms with Crippen molar-refractivity contribution in [3.8, 4) is 0 Å². The second kappa shape index (κ2) is 8.27. The van der Waals surface area contributed by atoms with Crippen LogP contribution in [0, 0.1) is 5.82 Å². The Morgan fingerprint density at radius 3 is 2.11 bits per heavy atom. The molecule has 0 aromatic heterocycles. The molecule has 2 rings (SSSR count). The average molecular weight is 429 g/mol. The number of anilines is 1. The number of para-hydroxylation sites is 1. The van der Waals surface area contributed by atoms with E-state index in [9.17, 15) is 26.0 Å². The SMILES string of the molecule is C[C@@H](NC(=O)CN(c1ccccc1F)S(C)(=O)=O)c1ccc(S(C)(=O)=O)cc1. The molecule has 152 valence electrons. The lowest BCUT2D eigenvalue weighted by atomic mass is 10.1. The molecule has 0 aliphatic heterocycles. The molecular weight excluding hydrogens is 407 g/mol. The minimum Gasteiger partial charge on any atom is -0.348 e. The van der Waals surface area contributed by atoms with Gasteiger partial charge in [0.1, 0.15) is 12.4 Å². The Morgan fingerprint density at radius 1 is 1.04 bits per heavy atom. The molecule has 10 heteroatoms. The smallest absolute Gasteiger partial charge is 0.241 e. The maximum absolute atomic E-state index is 14.0. The van der Waals surface area contributed by atoms with Crippen molar-refractivity contribution >= 4 is 31.5 Å². The Hall–Kier alpha value is -2.46. The van der Waals surface area contributed by atoms with Crippen LogP contribution in [0.4, 0.5) is 10.1 Å². The fraction of sp³-hybridized carbons (Fsp3) is 0.278. The lowest BCUT2D eigenvalue weighted by molar-refractivity contribution is -0.120. The van der Waals surface area contributed by atoms with Crippen LogP contribution >= 0.6 is 0 Å². The van der Waals surface area contributed by atoms with Crippen LogP contribution in [-0.4, -0.2) is 41.8 Å². The Labute approximate surface area is 164 Å². The highest BCUT2D eigenvalue weighted by Gasteiger charge is 2.24. The van der Waals surface area contributed by atoms with Crippen LogP contribution in [0.2, 0.25) is 0 Å². The molecule has 0 unspecified atom stereocenters. The monoisotopic (exact) mass is 428 g/mol. The molecule has 7 nitrogen and oxygen atoms in total. The second-order valence-electron chi connectivity index (χ2n) is 6.35. The maximum atomic E-state index is 14.0. The molecule has 0 saturated heterocycles. The lowest BCUT2D eigenvalue weighted by Gasteiger charge is -2.23. The predicted molar refractivity (Wildman–Crippen MR) is 105 cm³/mol. The molecule has 2 aromatic rings. The van der Waals surface area contributed by atoms with Gasteiger partial charge in [0.2, 0.25) is 15.9 Å². The standard InChI is InChI=1S/C18H21FN2O5S2/c1-13(14-8-10-15(11-9-14)27(2,23)24)20-18(22)12-21(28(3,25)26)17-7-5-4-6-16(17)19/h4-11,13H,12H2,1-3H3,(H,20,22)/t13-/m1/s1. The summed E-state index contributed by atoms with van der Waals surface area (Å²) in [6, 6.07) is 10.7. The molecule has 0 saturated carbocycles. The molecular formula is C18H21FN2O5S2. The van der Waals surface area contributed by atoms with Crippen molar-refractivity contribution in [1.29, 1.82) is 0 Å². The fourth-order valence-electron chi connectivity index (χ4n) is 2.54. The number of rotatable bonds is 7. The normalized spacial score (nSPS) is 13.0. The quantitative estimate of drug-likeness (QED) is 0.726. The van der Waals surface area contributed by atoms with Crippen LogP contribution < -0.4 is 9.62 Å². The highest BCUT2D eigenvalue weighted by atomic mass is 32.2. The van der Waals surface area contributed by atoms with Crippen LogP contribution in [-0.2, 0) is 24.7 Å². The van der Waals surface area contributed by atoms with Crippen molar-refractivity contribution in [3.63, 3.8) is 0 Å². The number of carbonyl (C=O) groups is 1. The first-order valence-corrected chi connectivity index (χ1v) is 11.9. The van der Waals surface area contributed by atoms with Crippen LogP contribution in [0.15, 0.2) is 53.4 Å². The number of sulfone groups is 1. The molecule has 1 atom stereocenters. The molecule has 0 heterocycles. The van der Waals surface area contributed by atoms with Crippen molar-refractivity contribution in [2.75, 3.05) is 23.4 Å². The highest BCUT2D eigenvalue weighted by molar-refractivity contribution is 7.92. The summed E-state index contributed by atoms with van der Waals surface area (Å²) >= 11 is 0. The van der Waals surface area contributed by atoms with Crippen LogP contribution in [0.5, 0.6) is 0 Å². The van der Waals surface area contributed by atoms with Crippen molar-refractivity contribution in [3.05, 3.63) is 59.9 Å². The van der Waals surface area contributed by atoms with Crippen LogP contribution in [0.3, 0.4) is 0 Å². The maximum Gasteiger partial charge on any atom is 0.241 e. The fourth-order valence-corrected chi connectivity index (χ4v) is 4.03. The number of carbonyl (C=O) groups excluding carboxylic acids is 1. The number of sulfonamides is 1. The zero-order chi connectivity index (χ0) is 21.1. The van der Waals surface area contributed by atoms with E-state index in [2.05, 4.69) is 5.32 Å². The number of hydrogen-bond acceptors (Lipinski definition) is 5. The number of hydrogen-bond donors (Lipinski definition) is 1. The van der Waals surface area contributed by atoms with E-state index in [0.717, 1.165) is 18.6 Å². The number of amides is 1. The lowest BCUT2D eigenvalue weighted by Crippen LogP contribution is -2.41. The third-order valence-corrected chi connectivity index (χ3v) is 6.25. The summed E-state index contributed by atoms with van der Waals surface area (Å²) in [5.74, 6) is -1.39. The van der Waals surface area contributed by atoms with E-state index in [4.69, 9.17) is 0 Å². The molecule has 0 fully saturated rings. The molecule has 0 aliphatic rings. The van der Waals surface area contributed by atoms with Crippen molar-refractivity contribution in [2.24, 2.45) is 0 Å². The molecule has 28 heavy (non-hydrogen) atoms. The second-order valence-corrected chi connectivity index (χ2v) is 10.3. The van der Waals surface area contributed by atoms with E-state index in [1.54, 1.807) is 19.1 Å². The summed E-state index contributed by atoms with van der Waals surface area (Å²) < 4.78 is 61.8. The van der Waals surface area contributed by atoms with Crippen molar-refractivity contribution in [2.45, 2.75) is 17.9 Å². The van der Waals surface area contributed by atoms with Crippen molar-refractivity contribution < 1.29 is 26.0 Å². The largest absolute Gasteiger partial charge is 0.348 e. The van der Waals surface area contributed by atoms with Gasteiger partial charge in [-0.25, -0.2) is 21.2 Å². The predicted octanol–water partition coefficient (Wildman–Crippen LogP) is 1.87. The third-order valence-electron chi connectivity index (χ3n) is 3.99. The summed E-state index contributed by atoms with van der Waals surface area (Å²) in [4.78, 5) is 12.5. The Balaban J connectivity index is 2.15. The molecule has 1 N–H and O–H groups in total. The Bertz CT molecular complexity index is 1070. The number of benzene rings is 2. The van der Waals surface area contributed by atoms with Gasteiger partial charge >= 0.3 is 0 Å². The molecule has 0 bridgehead atoms. The topological polar surface area (TPSA) is 101 Å². The van der Waals surface area contributed by atoms with Gasteiger partial charge in [-0.1, -0.05) is 24.3 Å². The summed E-state index contributed by atoms with van der Waals surface area (Å²) in [7, 11) is -7.22. The van der Waals surface area contributed by atoms with Gasteiger partial charge in [0.25, 0.3) is 0 Å². The minimum atomic E-state index is -3.89. The van der Waals surface area contributed by atoms with Gasteiger partial charge < -0.3 is 5.32 Å². The first kappa shape index (κ1) is 21.8. The zero-order valence-electron chi connectivity index (χ0n) is 15.6. The first-order chi connectivity index (χ1) is 12.9. The summed E-state index contributed by atoms with van der Waals surface area (Å²) in [6.07, 6.45) is 1.98. The van der Waals surface area contributed by atoms with Gasteiger partial charge in [-0.3, -0.25) is 9.10 Å². The summed E-state index contributed by atoms with van der Waals surface area (Å²) in [6.45, 7) is 1.08. The highest BCUT2D eigenvalue weighted by Crippen LogP contribution is 2.21. The third kappa shape index (κ3) is 5.52. The van der Waals surface area contributed by atoms with Gasteiger partial charge in [-0.15, -0.1) is 0 Å². The minimum absolute atomic E-state index is 0.151. The Kier molecular flexibility index (Phi) is 6.45. The van der Waals surface area contributed by atoms with Crippen molar-refractivity contribution in [1.82, 2.24) is 5.32 Å². The number of nitrogens with one attached hydrogen (secondary N) is 1.